The smallest absolute Gasteiger partial charge is 0.337 e. The van der Waals surface area contributed by atoms with E-state index in [0.29, 0.717) is 17.3 Å². The lowest BCUT2D eigenvalue weighted by Gasteiger charge is -2.32. The van der Waals surface area contributed by atoms with Gasteiger partial charge in [-0.25, -0.2) is 4.79 Å². The number of hydrogen-bond donors (Lipinski definition) is 4. The zero-order valence-electron chi connectivity index (χ0n) is 15.6. The number of hydrogen-bond acceptors (Lipinski definition) is 5. The van der Waals surface area contributed by atoms with Crippen LogP contribution in [0.25, 0.3) is 0 Å². The number of hydrazine groups is 1. The maximum Gasteiger partial charge on any atom is 0.337 e. The fourth-order valence-electron chi connectivity index (χ4n) is 4.33. The highest BCUT2D eigenvalue weighted by Crippen LogP contribution is 2.41. The van der Waals surface area contributed by atoms with Crippen molar-refractivity contribution in [2.45, 2.75) is 64.8 Å². The third kappa shape index (κ3) is 3.94. The van der Waals surface area contributed by atoms with E-state index < -0.39 is 5.97 Å². The first-order valence-corrected chi connectivity index (χ1v) is 10.3. The summed E-state index contributed by atoms with van der Waals surface area (Å²) in [5.74, 6) is 4.54. The third-order valence-corrected chi connectivity index (χ3v) is 7.09. The first-order chi connectivity index (χ1) is 12.3. The van der Waals surface area contributed by atoms with Crippen molar-refractivity contribution >= 4 is 23.2 Å². The Morgan fingerprint density at radius 2 is 2.04 bits per heavy atom. The van der Waals surface area contributed by atoms with Crippen LogP contribution in [0.1, 0.15) is 76.4 Å². The van der Waals surface area contributed by atoms with Crippen LogP contribution >= 0.6 is 11.3 Å². The van der Waals surface area contributed by atoms with Gasteiger partial charge < -0.3 is 10.4 Å². The van der Waals surface area contributed by atoms with Crippen LogP contribution in [-0.2, 0) is 12.8 Å². The molecule has 1 amide bonds. The summed E-state index contributed by atoms with van der Waals surface area (Å²) in [6, 6.07) is 0.0458. The quantitative estimate of drug-likeness (QED) is 0.465. The fourth-order valence-corrected chi connectivity index (χ4v) is 5.55. The minimum atomic E-state index is -0.992. The molecule has 2 atom stereocenters. The van der Waals surface area contributed by atoms with Crippen LogP contribution in [0.5, 0.6) is 0 Å². The van der Waals surface area contributed by atoms with Crippen LogP contribution < -0.4 is 16.6 Å². The lowest BCUT2D eigenvalue weighted by molar-refractivity contribution is 0.0688. The molecule has 1 fully saturated rings. The molecular weight excluding hydrogens is 350 g/mol. The van der Waals surface area contributed by atoms with Crippen molar-refractivity contribution in [3.8, 4) is 0 Å². The summed E-state index contributed by atoms with van der Waals surface area (Å²) in [5.41, 5.74) is 3.88. The molecule has 7 heteroatoms. The van der Waals surface area contributed by atoms with Crippen LogP contribution in [0.4, 0.5) is 0 Å². The van der Waals surface area contributed by atoms with E-state index in [-0.39, 0.29) is 22.9 Å². The third-order valence-electron chi connectivity index (χ3n) is 5.80. The van der Waals surface area contributed by atoms with Gasteiger partial charge in [0.2, 0.25) is 0 Å². The van der Waals surface area contributed by atoms with E-state index >= 15 is 0 Å². The first kappa shape index (κ1) is 19.3. The molecular formula is C19H29N3O3S. The summed E-state index contributed by atoms with van der Waals surface area (Å²) >= 11 is 1.37. The SMILES string of the molecule is CC1(C)CCc2sc(C(=O)N[C@@H]3CCCC[C@H]3CNN)c(C(=O)O)c2C1. The number of carbonyl (C=O) groups excluding carboxylic acids is 1. The Balaban J connectivity index is 1.85. The van der Waals surface area contributed by atoms with E-state index in [9.17, 15) is 14.7 Å². The summed E-state index contributed by atoms with van der Waals surface area (Å²) in [5, 5.41) is 12.9. The number of carboxylic acids is 1. The predicted molar refractivity (Wildman–Crippen MR) is 102 cm³/mol. The van der Waals surface area contributed by atoms with Gasteiger partial charge in [-0.05, 0) is 49.0 Å². The molecule has 26 heavy (non-hydrogen) atoms. The topological polar surface area (TPSA) is 104 Å². The number of nitrogens with one attached hydrogen (secondary N) is 2. The Morgan fingerprint density at radius 1 is 1.31 bits per heavy atom. The summed E-state index contributed by atoms with van der Waals surface area (Å²) in [6.45, 7) is 4.97. The molecule has 0 unspecified atom stereocenters. The highest BCUT2D eigenvalue weighted by atomic mass is 32.1. The van der Waals surface area contributed by atoms with Gasteiger partial charge in [0.15, 0.2) is 0 Å². The van der Waals surface area contributed by atoms with Gasteiger partial charge in [-0.15, -0.1) is 11.3 Å². The normalized spacial score (nSPS) is 24.7. The molecule has 0 radical (unpaired) electrons. The van der Waals surface area contributed by atoms with Gasteiger partial charge in [0.05, 0.1) is 5.56 Å². The lowest BCUT2D eigenvalue weighted by atomic mass is 9.76. The van der Waals surface area contributed by atoms with Crippen molar-refractivity contribution in [2.24, 2.45) is 17.2 Å². The number of rotatable bonds is 5. The molecule has 2 aliphatic carbocycles. The van der Waals surface area contributed by atoms with Gasteiger partial charge in [0.25, 0.3) is 5.91 Å². The first-order valence-electron chi connectivity index (χ1n) is 9.44. The predicted octanol–water partition coefficient (Wildman–Crippen LogP) is 2.71. The van der Waals surface area contributed by atoms with Crippen molar-refractivity contribution in [3.05, 3.63) is 20.9 Å². The molecule has 5 N–H and O–H groups in total. The molecule has 1 aromatic heterocycles. The lowest BCUT2D eigenvalue weighted by Crippen LogP contribution is -2.46. The fraction of sp³-hybridized carbons (Fsp3) is 0.684. The van der Waals surface area contributed by atoms with Crippen LogP contribution in [0.3, 0.4) is 0 Å². The number of aryl methyl sites for hydroxylation is 1. The second-order valence-electron chi connectivity index (χ2n) is 8.39. The van der Waals surface area contributed by atoms with Crippen molar-refractivity contribution in [3.63, 3.8) is 0 Å². The monoisotopic (exact) mass is 379 g/mol. The highest BCUT2D eigenvalue weighted by molar-refractivity contribution is 7.14. The zero-order valence-corrected chi connectivity index (χ0v) is 16.4. The average Bonchev–Trinajstić information content (AvgIpc) is 2.94. The zero-order chi connectivity index (χ0) is 18.9. The average molecular weight is 380 g/mol. The van der Waals surface area contributed by atoms with E-state index in [4.69, 9.17) is 5.84 Å². The van der Waals surface area contributed by atoms with Gasteiger partial charge >= 0.3 is 5.97 Å². The van der Waals surface area contributed by atoms with Gasteiger partial charge in [-0.3, -0.25) is 16.1 Å². The number of nitrogens with two attached hydrogens (primary N) is 1. The maximum absolute atomic E-state index is 13.0. The van der Waals surface area contributed by atoms with E-state index in [1.807, 2.05) is 0 Å². The summed E-state index contributed by atoms with van der Waals surface area (Å²) in [7, 11) is 0. The number of aromatic carboxylic acids is 1. The Hall–Kier alpha value is -1.44. The van der Waals surface area contributed by atoms with Gasteiger partial charge in [-0.1, -0.05) is 26.7 Å². The number of carbonyl (C=O) groups is 2. The summed E-state index contributed by atoms with van der Waals surface area (Å²) in [6.07, 6.45) is 6.75. The maximum atomic E-state index is 13.0. The van der Waals surface area contributed by atoms with Crippen LogP contribution in [0.2, 0.25) is 0 Å². The molecule has 1 saturated carbocycles. The molecule has 2 aliphatic rings. The van der Waals surface area contributed by atoms with E-state index in [1.165, 1.54) is 11.3 Å². The van der Waals surface area contributed by atoms with E-state index in [1.54, 1.807) is 0 Å². The van der Waals surface area contributed by atoms with Crippen molar-refractivity contribution in [1.29, 1.82) is 0 Å². The van der Waals surface area contributed by atoms with Gasteiger partial charge in [-0.2, -0.15) is 0 Å². The van der Waals surface area contributed by atoms with Crippen molar-refractivity contribution in [1.82, 2.24) is 10.7 Å². The number of carboxylic acid groups (broad SMARTS) is 1. The highest BCUT2D eigenvalue weighted by Gasteiger charge is 2.35. The number of thiophene rings is 1. The minimum absolute atomic E-state index is 0.0458. The molecule has 0 aliphatic heterocycles. The molecule has 144 valence electrons. The standard InChI is InChI=1S/C19H29N3O3S/c1-19(2)8-7-14-12(9-19)15(18(24)25)16(26-14)17(23)22-13-6-4-3-5-11(13)10-21-20/h11,13,21H,3-10,20H2,1-2H3,(H,22,23)(H,24,25)/t11-,13+/m0/s1. The van der Waals surface area contributed by atoms with Gasteiger partial charge in [0.1, 0.15) is 4.88 Å². The molecule has 0 bridgehead atoms. The second kappa shape index (κ2) is 7.66. The van der Waals surface area contributed by atoms with Gasteiger partial charge in [0, 0.05) is 17.5 Å². The van der Waals surface area contributed by atoms with E-state index in [2.05, 4.69) is 24.6 Å². The number of fused-ring (bicyclic) bond motifs is 1. The molecule has 0 saturated heterocycles. The molecule has 0 spiro atoms. The Kier molecular flexibility index (Phi) is 5.69. The van der Waals surface area contributed by atoms with Crippen LogP contribution in [-0.4, -0.2) is 29.6 Å². The molecule has 1 aromatic rings. The molecule has 6 nitrogen and oxygen atoms in total. The van der Waals surface area contributed by atoms with Crippen molar-refractivity contribution < 1.29 is 14.7 Å². The van der Waals surface area contributed by atoms with E-state index in [0.717, 1.165) is 55.4 Å². The summed E-state index contributed by atoms with van der Waals surface area (Å²) < 4.78 is 0. The van der Waals surface area contributed by atoms with Crippen LogP contribution in [0.15, 0.2) is 0 Å². The summed E-state index contributed by atoms with van der Waals surface area (Å²) in [4.78, 5) is 26.3. The van der Waals surface area contributed by atoms with Crippen molar-refractivity contribution in [2.75, 3.05) is 6.54 Å². The molecule has 0 aromatic carbocycles. The van der Waals surface area contributed by atoms with Crippen LogP contribution in [0, 0.1) is 11.3 Å². The minimum Gasteiger partial charge on any atom is -0.478 e. The Bertz CT molecular complexity index is 696. The molecule has 1 heterocycles. The Labute approximate surface area is 158 Å². The second-order valence-corrected chi connectivity index (χ2v) is 9.49. The molecule has 3 rings (SSSR count). The largest absolute Gasteiger partial charge is 0.478 e. The number of amides is 1. The Morgan fingerprint density at radius 3 is 2.73 bits per heavy atom.